The van der Waals surface area contributed by atoms with Crippen LogP contribution in [-0.4, -0.2) is 25.2 Å². The van der Waals surface area contributed by atoms with Crippen LogP contribution in [-0.2, 0) is 10.2 Å². The summed E-state index contributed by atoms with van der Waals surface area (Å²) in [7, 11) is 1.04. The lowest BCUT2D eigenvalue weighted by atomic mass is 9.84. The van der Waals surface area contributed by atoms with Gasteiger partial charge in [0, 0.05) is 0 Å². The maximum Gasteiger partial charge on any atom is 0.573 e. The van der Waals surface area contributed by atoms with Gasteiger partial charge >= 0.3 is 12.3 Å². The smallest absolute Gasteiger partial charge is 0.465 e. The lowest BCUT2D eigenvalue weighted by Crippen LogP contribution is -2.23. The molecule has 0 saturated heterocycles. The third-order valence-electron chi connectivity index (χ3n) is 2.96. The lowest BCUT2D eigenvalue weighted by molar-refractivity contribution is -0.274. The molecule has 4 nitrogen and oxygen atoms in total. The first-order valence-electron chi connectivity index (χ1n) is 6.40. The predicted octanol–water partition coefficient (Wildman–Crippen LogP) is 3.87. The van der Waals surface area contributed by atoms with E-state index in [1.807, 2.05) is 0 Å². The molecular formula is C15H17F3O4. The number of hydrogen-bond donors (Lipinski definition) is 0. The van der Waals surface area contributed by atoms with Crippen LogP contribution in [0.2, 0.25) is 0 Å². The number of ether oxygens (including phenoxy) is 2. The van der Waals surface area contributed by atoms with E-state index in [1.165, 1.54) is 12.1 Å². The molecule has 0 aliphatic rings. The third-order valence-corrected chi connectivity index (χ3v) is 2.96. The SMILES string of the molecule is COC(=O)c1cc(C(C)(C)C)cc(C(C)=O)c1OC(F)(F)F. The fraction of sp³-hybridized carbons (Fsp3) is 0.467. The van der Waals surface area contributed by atoms with Crippen molar-refractivity contribution in [2.45, 2.75) is 39.5 Å². The normalized spacial score (nSPS) is 12.0. The Morgan fingerprint density at radius 3 is 1.91 bits per heavy atom. The highest BCUT2D eigenvalue weighted by atomic mass is 19.4. The highest BCUT2D eigenvalue weighted by molar-refractivity contribution is 6.02. The highest BCUT2D eigenvalue weighted by Crippen LogP contribution is 2.35. The lowest BCUT2D eigenvalue weighted by Gasteiger charge is -2.23. The van der Waals surface area contributed by atoms with E-state index in [2.05, 4.69) is 9.47 Å². The van der Waals surface area contributed by atoms with Gasteiger partial charge in [-0.25, -0.2) is 4.79 Å². The van der Waals surface area contributed by atoms with Crippen molar-refractivity contribution in [1.29, 1.82) is 0 Å². The molecular weight excluding hydrogens is 301 g/mol. The molecule has 0 spiro atoms. The number of carbonyl (C=O) groups excluding carboxylic acids is 2. The van der Waals surface area contributed by atoms with Gasteiger partial charge < -0.3 is 9.47 Å². The summed E-state index contributed by atoms with van der Waals surface area (Å²) >= 11 is 0. The molecule has 122 valence electrons. The van der Waals surface area contributed by atoms with Crippen LogP contribution in [0.3, 0.4) is 0 Å². The first kappa shape index (κ1) is 18.0. The molecule has 0 bridgehead atoms. The summed E-state index contributed by atoms with van der Waals surface area (Å²) in [6, 6.07) is 2.55. The zero-order valence-corrected chi connectivity index (χ0v) is 12.9. The Labute approximate surface area is 126 Å². The van der Waals surface area contributed by atoms with E-state index in [9.17, 15) is 22.8 Å². The van der Waals surface area contributed by atoms with Gasteiger partial charge in [-0.1, -0.05) is 20.8 Å². The van der Waals surface area contributed by atoms with Crippen LogP contribution < -0.4 is 4.74 Å². The fourth-order valence-corrected chi connectivity index (χ4v) is 1.81. The molecule has 0 atom stereocenters. The maximum atomic E-state index is 12.6. The van der Waals surface area contributed by atoms with Gasteiger partial charge in [0.1, 0.15) is 5.56 Å². The molecule has 0 N–H and O–H groups in total. The van der Waals surface area contributed by atoms with E-state index in [0.29, 0.717) is 5.56 Å². The Balaban J connectivity index is 3.70. The number of methoxy groups -OCH3 is 1. The molecule has 0 aliphatic heterocycles. The Bertz CT molecular complexity index is 598. The van der Waals surface area contributed by atoms with Crippen molar-refractivity contribution in [2.24, 2.45) is 0 Å². The fourth-order valence-electron chi connectivity index (χ4n) is 1.81. The van der Waals surface area contributed by atoms with Crippen LogP contribution in [0.4, 0.5) is 13.2 Å². The molecule has 1 aromatic rings. The first-order valence-corrected chi connectivity index (χ1v) is 6.40. The second kappa shape index (κ2) is 5.98. The van der Waals surface area contributed by atoms with Crippen molar-refractivity contribution in [3.63, 3.8) is 0 Å². The molecule has 0 heterocycles. The molecule has 0 aliphatic carbocycles. The van der Waals surface area contributed by atoms with Gasteiger partial charge in [0.15, 0.2) is 11.5 Å². The summed E-state index contributed by atoms with van der Waals surface area (Å²) < 4.78 is 46.1. The summed E-state index contributed by atoms with van der Waals surface area (Å²) in [6.45, 7) is 6.51. The Morgan fingerprint density at radius 2 is 1.55 bits per heavy atom. The van der Waals surface area contributed by atoms with Crippen LogP contribution in [0.1, 0.15) is 54.0 Å². The number of esters is 1. The number of halogens is 3. The molecule has 0 fully saturated rings. The average molecular weight is 318 g/mol. The van der Waals surface area contributed by atoms with Gasteiger partial charge in [-0.15, -0.1) is 13.2 Å². The van der Waals surface area contributed by atoms with Crippen molar-refractivity contribution in [1.82, 2.24) is 0 Å². The second-order valence-corrected chi connectivity index (χ2v) is 5.75. The van der Waals surface area contributed by atoms with Crippen LogP contribution in [0.25, 0.3) is 0 Å². The highest BCUT2D eigenvalue weighted by Gasteiger charge is 2.36. The Morgan fingerprint density at radius 1 is 1.05 bits per heavy atom. The second-order valence-electron chi connectivity index (χ2n) is 5.75. The van der Waals surface area contributed by atoms with Gasteiger partial charge in [-0.2, -0.15) is 0 Å². The molecule has 0 unspecified atom stereocenters. The summed E-state index contributed by atoms with van der Waals surface area (Å²) in [5.41, 5.74) is -0.709. The minimum absolute atomic E-state index is 0.315. The third kappa shape index (κ3) is 4.22. The quantitative estimate of drug-likeness (QED) is 0.627. The molecule has 0 saturated carbocycles. The number of rotatable bonds is 3. The maximum absolute atomic E-state index is 12.6. The number of ketones is 1. The van der Waals surface area contributed by atoms with Crippen LogP contribution >= 0.6 is 0 Å². The van der Waals surface area contributed by atoms with Gasteiger partial charge in [0.25, 0.3) is 0 Å². The van der Waals surface area contributed by atoms with Gasteiger partial charge in [-0.05, 0) is 30.0 Å². The number of alkyl halides is 3. The zero-order chi connectivity index (χ0) is 17.3. The zero-order valence-electron chi connectivity index (χ0n) is 12.9. The number of carbonyl (C=O) groups is 2. The van der Waals surface area contributed by atoms with Crippen molar-refractivity contribution >= 4 is 11.8 Å². The van der Waals surface area contributed by atoms with Crippen molar-refractivity contribution in [3.05, 3.63) is 28.8 Å². The van der Waals surface area contributed by atoms with Gasteiger partial charge in [0.2, 0.25) is 0 Å². The monoisotopic (exact) mass is 318 g/mol. The van der Waals surface area contributed by atoms with E-state index in [1.54, 1.807) is 20.8 Å². The predicted molar refractivity (Wildman–Crippen MR) is 73.2 cm³/mol. The first-order chi connectivity index (χ1) is 9.86. The summed E-state index contributed by atoms with van der Waals surface area (Å²) in [5, 5.41) is 0. The van der Waals surface area contributed by atoms with Crippen LogP contribution in [0.15, 0.2) is 12.1 Å². The van der Waals surface area contributed by atoms with E-state index in [-0.39, 0.29) is 5.56 Å². The van der Waals surface area contributed by atoms with Crippen LogP contribution in [0.5, 0.6) is 5.75 Å². The van der Waals surface area contributed by atoms with E-state index in [4.69, 9.17) is 0 Å². The molecule has 0 radical (unpaired) electrons. The van der Waals surface area contributed by atoms with Gasteiger partial charge in [0.05, 0.1) is 12.7 Å². The largest absolute Gasteiger partial charge is 0.573 e. The average Bonchev–Trinajstić information content (AvgIpc) is 2.34. The minimum atomic E-state index is -5.03. The van der Waals surface area contributed by atoms with Crippen molar-refractivity contribution in [2.75, 3.05) is 7.11 Å². The number of benzene rings is 1. The number of hydrogen-bond acceptors (Lipinski definition) is 4. The minimum Gasteiger partial charge on any atom is -0.465 e. The van der Waals surface area contributed by atoms with E-state index < -0.39 is 34.8 Å². The molecule has 0 aromatic heterocycles. The molecule has 0 amide bonds. The van der Waals surface area contributed by atoms with Crippen molar-refractivity contribution in [3.8, 4) is 5.75 Å². The molecule has 22 heavy (non-hydrogen) atoms. The molecule has 1 rings (SSSR count). The summed E-state index contributed by atoms with van der Waals surface area (Å²) in [5.74, 6) is -2.48. The molecule has 7 heteroatoms. The van der Waals surface area contributed by atoms with E-state index >= 15 is 0 Å². The standard InChI is InChI=1S/C15H17F3O4/c1-8(19)10-6-9(14(2,3)4)7-11(13(20)21-5)12(10)22-15(16,17)18/h6-7H,1-5H3. The molecule has 1 aromatic carbocycles. The topological polar surface area (TPSA) is 52.6 Å². The Kier molecular flexibility index (Phi) is 4.89. The summed E-state index contributed by atoms with van der Waals surface area (Å²) in [6.07, 6.45) is -5.03. The van der Waals surface area contributed by atoms with Crippen LogP contribution in [0, 0.1) is 0 Å². The number of Topliss-reactive ketones (excluding diaryl/α,β-unsaturated/α-hetero) is 1. The summed E-state index contributed by atoms with van der Waals surface area (Å²) in [4.78, 5) is 23.5. The van der Waals surface area contributed by atoms with E-state index in [0.717, 1.165) is 14.0 Å². The Hall–Kier alpha value is -2.05. The van der Waals surface area contributed by atoms with Crippen molar-refractivity contribution < 1.29 is 32.2 Å². The van der Waals surface area contributed by atoms with Gasteiger partial charge in [-0.3, -0.25) is 4.79 Å².